The first-order valence-corrected chi connectivity index (χ1v) is 5.95. The van der Waals surface area contributed by atoms with Crippen LogP contribution in [0.4, 0.5) is 10.2 Å². The van der Waals surface area contributed by atoms with E-state index >= 15 is 0 Å². The quantitative estimate of drug-likeness (QED) is 0.774. The predicted molar refractivity (Wildman–Crippen MR) is 72.1 cm³/mol. The highest BCUT2D eigenvalue weighted by atomic mass is 19.1. The minimum atomic E-state index is -0.295. The predicted octanol–water partition coefficient (Wildman–Crippen LogP) is 2.83. The standard InChI is InChI=1S/C14H11FN4O/c1-8-6-10(15)2-3-11(8)13-18-14(20-19-13)9-4-5-17-12(16)7-9/h2-7H,1H3,(H2,16,17). The molecular formula is C14H11FN4O. The number of anilines is 1. The summed E-state index contributed by atoms with van der Waals surface area (Å²) in [7, 11) is 0. The van der Waals surface area contributed by atoms with E-state index in [9.17, 15) is 4.39 Å². The molecule has 5 nitrogen and oxygen atoms in total. The molecule has 0 aliphatic rings. The lowest BCUT2D eigenvalue weighted by Gasteiger charge is -1.99. The van der Waals surface area contributed by atoms with Gasteiger partial charge in [-0.05, 0) is 42.8 Å². The monoisotopic (exact) mass is 270 g/mol. The molecule has 0 aliphatic carbocycles. The Morgan fingerprint density at radius 2 is 2.05 bits per heavy atom. The van der Waals surface area contributed by atoms with E-state index in [4.69, 9.17) is 10.3 Å². The number of nitrogens with zero attached hydrogens (tertiary/aromatic N) is 3. The minimum Gasteiger partial charge on any atom is -0.384 e. The fraction of sp³-hybridized carbons (Fsp3) is 0.0714. The van der Waals surface area contributed by atoms with Gasteiger partial charge in [0.2, 0.25) is 5.82 Å². The lowest BCUT2D eigenvalue weighted by molar-refractivity contribution is 0.432. The second-order valence-corrected chi connectivity index (χ2v) is 4.35. The molecule has 0 bridgehead atoms. The van der Waals surface area contributed by atoms with E-state index in [1.807, 2.05) is 0 Å². The van der Waals surface area contributed by atoms with Gasteiger partial charge in [0.05, 0.1) is 0 Å². The summed E-state index contributed by atoms with van der Waals surface area (Å²) in [5.41, 5.74) is 7.77. The van der Waals surface area contributed by atoms with Crippen molar-refractivity contribution in [1.29, 1.82) is 0 Å². The zero-order valence-corrected chi connectivity index (χ0v) is 10.7. The third-order valence-electron chi connectivity index (χ3n) is 2.88. The van der Waals surface area contributed by atoms with Crippen LogP contribution in [0.15, 0.2) is 41.1 Å². The van der Waals surface area contributed by atoms with Gasteiger partial charge in [-0.1, -0.05) is 5.16 Å². The molecule has 3 aromatic rings. The van der Waals surface area contributed by atoms with Gasteiger partial charge in [0.25, 0.3) is 5.89 Å². The van der Waals surface area contributed by atoms with Gasteiger partial charge in [-0.3, -0.25) is 0 Å². The number of hydrogen-bond acceptors (Lipinski definition) is 5. The molecule has 0 unspecified atom stereocenters. The molecule has 0 radical (unpaired) electrons. The highest BCUT2D eigenvalue weighted by Gasteiger charge is 2.13. The van der Waals surface area contributed by atoms with Gasteiger partial charge in [0.15, 0.2) is 0 Å². The summed E-state index contributed by atoms with van der Waals surface area (Å²) in [6.07, 6.45) is 1.57. The van der Waals surface area contributed by atoms with Crippen LogP contribution in [0.1, 0.15) is 5.56 Å². The van der Waals surface area contributed by atoms with Crippen LogP contribution in [0.3, 0.4) is 0 Å². The topological polar surface area (TPSA) is 77.8 Å². The van der Waals surface area contributed by atoms with Crippen molar-refractivity contribution in [2.24, 2.45) is 0 Å². The van der Waals surface area contributed by atoms with E-state index in [0.717, 1.165) is 11.1 Å². The number of halogens is 1. The number of hydrogen-bond donors (Lipinski definition) is 1. The van der Waals surface area contributed by atoms with Gasteiger partial charge in [-0.25, -0.2) is 9.37 Å². The maximum absolute atomic E-state index is 13.1. The highest BCUT2D eigenvalue weighted by Crippen LogP contribution is 2.25. The van der Waals surface area contributed by atoms with E-state index in [2.05, 4.69) is 15.1 Å². The maximum atomic E-state index is 13.1. The average molecular weight is 270 g/mol. The van der Waals surface area contributed by atoms with Crippen LogP contribution in [0.25, 0.3) is 22.8 Å². The molecule has 6 heteroatoms. The van der Waals surface area contributed by atoms with Crippen molar-refractivity contribution in [3.63, 3.8) is 0 Å². The van der Waals surface area contributed by atoms with Crippen molar-refractivity contribution in [3.8, 4) is 22.8 Å². The van der Waals surface area contributed by atoms with Gasteiger partial charge >= 0.3 is 0 Å². The highest BCUT2D eigenvalue weighted by molar-refractivity contribution is 5.63. The molecule has 20 heavy (non-hydrogen) atoms. The number of benzene rings is 1. The van der Waals surface area contributed by atoms with Crippen molar-refractivity contribution in [3.05, 3.63) is 47.9 Å². The number of pyridine rings is 1. The van der Waals surface area contributed by atoms with Crippen LogP contribution < -0.4 is 5.73 Å². The van der Waals surface area contributed by atoms with Gasteiger partial charge in [0, 0.05) is 17.3 Å². The van der Waals surface area contributed by atoms with Crippen LogP contribution in [-0.2, 0) is 0 Å². The Morgan fingerprint density at radius 3 is 2.80 bits per heavy atom. The first-order chi connectivity index (χ1) is 9.63. The molecular weight excluding hydrogens is 259 g/mol. The molecule has 100 valence electrons. The van der Waals surface area contributed by atoms with Gasteiger partial charge in [-0.2, -0.15) is 4.98 Å². The molecule has 0 spiro atoms. The molecule has 1 aromatic carbocycles. The molecule has 2 N–H and O–H groups in total. The third-order valence-corrected chi connectivity index (χ3v) is 2.88. The second kappa shape index (κ2) is 4.73. The van der Waals surface area contributed by atoms with Crippen molar-refractivity contribution in [2.45, 2.75) is 6.92 Å². The summed E-state index contributed by atoms with van der Waals surface area (Å²) in [5, 5.41) is 3.91. The second-order valence-electron chi connectivity index (χ2n) is 4.35. The average Bonchev–Trinajstić information content (AvgIpc) is 2.88. The molecule has 0 saturated heterocycles. The van der Waals surface area contributed by atoms with Crippen LogP contribution in [0.5, 0.6) is 0 Å². The molecule has 0 fully saturated rings. The Kier molecular flexibility index (Phi) is 2.90. The Bertz CT molecular complexity index is 769. The molecule has 0 aliphatic heterocycles. The first-order valence-electron chi connectivity index (χ1n) is 5.95. The largest absolute Gasteiger partial charge is 0.384 e. The SMILES string of the molecule is Cc1cc(F)ccc1-c1noc(-c2ccnc(N)c2)n1. The third kappa shape index (κ3) is 2.23. The summed E-state index contributed by atoms with van der Waals surface area (Å²) in [6, 6.07) is 7.79. The lowest BCUT2D eigenvalue weighted by atomic mass is 10.1. The summed E-state index contributed by atoms with van der Waals surface area (Å²) < 4.78 is 18.3. The van der Waals surface area contributed by atoms with E-state index < -0.39 is 0 Å². The first kappa shape index (κ1) is 12.3. The summed E-state index contributed by atoms with van der Waals surface area (Å²) in [4.78, 5) is 8.20. The number of aryl methyl sites for hydroxylation is 1. The summed E-state index contributed by atoms with van der Waals surface area (Å²) in [5.74, 6) is 0.836. The zero-order valence-electron chi connectivity index (χ0n) is 10.7. The molecule has 2 heterocycles. The molecule has 0 atom stereocenters. The van der Waals surface area contributed by atoms with Crippen molar-refractivity contribution < 1.29 is 8.91 Å². The fourth-order valence-electron chi connectivity index (χ4n) is 1.91. The number of aromatic nitrogens is 3. The maximum Gasteiger partial charge on any atom is 0.258 e. The van der Waals surface area contributed by atoms with Crippen molar-refractivity contribution in [2.75, 3.05) is 5.73 Å². The van der Waals surface area contributed by atoms with Gasteiger partial charge in [-0.15, -0.1) is 0 Å². The summed E-state index contributed by atoms with van der Waals surface area (Å²) >= 11 is 0. The normalized spacial score (nSPS) is 10.7. The van der Waals surface area contributed by atoms with Crippen LogP contribution in [0.2, 0.25) is 0 Å². The smallest absolute Gasteiger partial charge is 0.258 e. The Labute approximate surface area is 114 Å². The Morgan fingerprint density at radius 1 is 1.20 bits per heavy atom. The minimum absolute atomic E-state index is 0.295. The van der Waals surface area contributed by atoms with Gasteiger partial charge in [0.1, 0.15) is 11.6 Å². The van der Waals surface area contributed by atoms with E-state index in [1.54, 1.807) is 31.3 Å². The van der Waals surface area contributed by atoms with Gasteiger partial charge < -0.3 is 10.3 Å². The Hall–Kier alpha value is -2.76. The fourth-order valence-corrected chi connectivity index (χ4v) is 1.91. The zero-order chi connectivity index (χ0) is 14.1. The Balaban J connectivity index is 2.02. The molecule has 0 amide bonds. The van der Waals surface area contributed by atoms with E-state index in [0.29, 0.717) is 23.1 Å². The summed E-state index contributed by atoms with van der Waals surface area (Å²) in [6.45, 7) is 1.79. The van der Waals surface area contributed by atoms with Crippen LogP contribution in [0, 0.1) is 12.7 Å². The number of rotatable bonds is 2. The van der Waals surface area contributed by atoms with E-state index in [-0.39, 0.29) is 5.82 Å². The van der Waals surface area contributed by atoms with E-state index in [1.165, 1.54) is 12.1 Å². The molecule has 0 saturated carbocycles. The number of nitrogen functional groups attached to an aromatic ring is 1. The van der Waals surface area contributed by atoms with Crippen LogP contribution >= 0.6 is 0 Å². The number of nitrogens with two attached hydrogens (primary N) is 1. The molecule has 2 aromatic heterocycles. The van der Waals surface area contributed by atoms with Crippen LogP contribution in [-0.4, -0.2) is 15.1 Å². The van der Waals surface area contributed by atoms with Crippen molar-refractivity contribution in [1.82, 2.24) is 15.1 Å². The lowest BCUT2D eigenvalue weighted by Crippen LogP contribution is -1.90. The molecule has 3 rings (SSSR count). The van der Waals surface area contributed by atoms with Crippen molar-refractivity contribution >= 4 is 5.82 Å².